The van der Waals surface area contributed by atoms with E-state index in [1.165, 1.54) is 19.3 Å². The van der Waals surface area contributed by atoms with Gasteiger partial charge in [-0.1, -0.05) is 42.5 Å². The summed E-state index contributed by atoms with van der Waals surface area (Å²) in [6, 6.07) is 5.17. The average Bonchev–Trinajstić information content (AvgIpc) is 2.43. The molecule has 0 spiro atoms. The van der Waals surface area contributed by atoms with Gasteiger partial charge in [-0.2, -0.15) is 0 Å². The number of methoxy groups -OCH3 is 1. The lowest BCUT2D eigenvalue weighted by atomic mass is 9.82. The van der Waals surface area contributed by atoms with Crippen molar-refractivity contribution in [3.63, 3.8) is 0 Å². The Labute approximate surface area is 124 Å². The van der Waals surface area contributed by atoms with Gasteiger partial charge in [0.25, 0.3) is 0 Å². The Bertz CT molecular complexity index is 417. The molecule has 2 atom stereocenters. The molecule has 0 saturated heterocycles. The van der Waals surface area contributed by atoms with Crippen LogP contribution in [-0.4, -0.2) is 18.3 Å². The molecule has 1 aliphatic rings. The molecule has 1 saturated carbocycles. The van der Waals surface area contributed by atoms with E-state index < -0.39 is 6.10 Å². The van der Waals surface area contributed by atoms with Crippen LogP contribution in [0.15, 0.2) is 18.2 Å². The maximum atomic E-state index is 10.6. The first-order valence-corrected chi connectivity index (χ1v) is 7.55. The summed E-state index contributed by atoms with van der Waals surface area (Å²) in [5.41, 5.74) is 0.659. The van der Waals surface area contributed by atoms with E-state index in [9.17, 15) is 5.11 Å². The van der Waals surface area contributed by atoms with E-state index in [4.69, 9.17) is 27.9 Å². The highest BCUT2D eigenvalue weighted by Crippen LogP contribution is 2.36. The second kappa shape index (κ2) is 6.94. The Morgan fingerprint density at radius 3 is 2.53 bits per heavy atom. The van der Waals surface area contributed by atoms with Gasteiger partial charge in [-0.3, -0.25) is 0 Å². The van der Waals surface area contributed by atoms with Gasteiger partial charge in [0.1, 0.15) is 6.10 Å². The second-order valence-electron chi connectivity index (χ2n) is 5.21. The summed E-state index contributed by atoms with van der Waals surface area (Å²) in [7, 11) is 1.65. The molecule has 1 fully saturated rings. The maximum absolute atomic E-state index is 10.6. The number of benzene rings is 1. The summed E-state index contributed by atoms with van der Waals surface area (Å²) >= 11 is 12.1. The van der Waals surface area contributed by atoms with E-state index >= 15 is 0 Å². The highest BCUT2D eigenvalue weighted by Gasteiger charge is 2.31. The second-order valence-corrected chi connectivity index (χ2v) is 6.05. The summed E-state index contributed by atoms with van der Waals surface area (Å²) in [4.78, 5) is 0. The van der Waals surface area contributed by atoms with Crippen molar-refractivity contribution in [1.29, 1.82) is 0 Å². The molecule has 106 valence electrons. The lowest BCUT2D eigenvalue weighted by Crippen LogP contribution is -2.31. The molecule has 1 aliphatic carbocycles. The first-order chi connectivity index (χ1) is 9.13. The van der Waals surface area contributed by atoms with Gasteiger partial charge in [-0.15, -0.1) is 0 Å². The zero-order chi connectivity index (χ0) is 13.8. The van der Waals surface area contributed by atoms with Crippen molar-refractivity contribution in [3.05, 3.63) is 33.8 Å². The van der Waals surface area contributed by atoms with Gasteiger partial charge in [-0.05, 0) is 37.0 Å². The Morgan fingerprint density at radius 1 is 1.21 bits per heavy atom. The molecule has 19 heavy (non-hydrogen) atoms. The molecule has 0 amide bonds. The standard InChI is InChI=1S/C15H20Cl2O2/c1-19-15(10-5-3-2-4-6-10)14(18)12-9-11(16)7-8-13(12)17/h7-10,14-15,18H,2-6H2,1H3. The zero-order valence-corrected chi connectivity index (χ0v) is 12.6. The fourth-order valence-electron chi connectivity index (χ4n) is 2.96. The van der Waals surface area contributed by atoms with Gasteiger partial charge in [-0.25, -0.2) is 0 Å². The summed E-state index contributed by atoms with van der Waals surface area (Å²) in [6.45, 7) is 0. The van der Waals surface area contributed by atoms with Crippen LogP contribution in [0.2, 0.25) is 10.0 Å². The first-order valence-electron chi connectivity index (χ1n) is 6.79. The average molecular weight is 303 g/mol. The highest BCUT2D eigenvalue weighted by molar-refractivity contribution is 6.33. The van der Waals surface area contributed by atoms with Crippen LogP contribution in [0.5, 0.6) is 0 Å². The minimum absolute atomic E-state index is 0.212. The number of ether oxygens (including phenoxy) is 1. The highest BCUT2D eigenvalue weighted by atomic mass is 35.5. The molecule has 0 aliphatic heterocycles. The lowest BCUT2D eigenvalue weighted by Gasteiger charge is -2.33. The monoisotopic (exact) mass is 302 g/mol. The molecule has 2 nitrogen and oxygen atoms in total. The minimum atomic E-state index is -0.723. The van der Waals surface area contributed by atoms with Crippen molar-refractivity contribution in [3.8, 4) is 0 Å². The van der Waals surface area contributed by atoms with Crippen molar-refractivity contribution in [1.82, 2.24) is 0 Å². The van der Waals surface area contributed by atoms with Crippen molar-refractivity contribution < 1.29 is 9.84 Å². The van der Waals surface area contributed by atoms with E-state index in [0.29, 0.717) is 21.5 Å². The zero-order valence-electron chi connectivity index (χ0n) is 11.1. The van der Waals surface area contributed by atoms with Crippen molar-refractivity contribution >= 4 is 23.2 Å². The van der Waals surface area contributed by atoms with Crippen LogP contribution in [0.1, 0.15) is 43.8 Å². The smallest absolute Gasteiger partial charge is 0.107 e. The number of aliphatic hydroxyl groups is 1. The Balaban J connectivity index is 2.19. The Kier molecular flexibility index (Phi) is 5.52. The molecule has 1 aromatic carbocycles. The number of rotatable bonds is 4. The fraction of sp³-hybridized carbons (Fsp3) is 0.600. The third-order valence-corrected chi connectivity index (χ3v) is 4.55. The Hall–Kier alpha value is -0.280. The molecular weight excluding hydrogens is 283 g/mol. The van der Waals surface area contributed by atoms with E-state index in [0.717, 1.165) is 12.8 Å². The molecule has 2 unspecified atom stereocenters. The van der Waals surface area contributed by atoms with Crippen LogP contribution in [0.3, 0.4) is 0 Å². The molecule has 1 N–H and O–H groups in total. The first kappa shape index (κ1) is 15.1. The number of hydrogen-bond donors (Lipinski definition) is 1. The summed E-state index contributed by atoms with van der Waals surface area (Å²) in [6.07, 6.45) is 4.97. The van der Waals surface area contributed by atoms with Crippen LogP contribution in [0.25, 0.3) is 0 Å². The summed E-state index contributed by atoms with van der Waals surface area (Å²) in [5, 5.41) is 11.7. The lowest BCUT2D eigenvalue weighted by molar-refractivity contribution is -0.0558. The molecule has 0 radical (unpaired) electrons. The molecule has 0 heterocycles. The normalized spacial score (nSPS) is 20.2. The van der Waals surface area contributed by atoms with E-state index in [-0.39, 0.29) is 6.10 Å². The predicted octanol–water partition coefficient (Wildman–Crippen LogP) is 4.62. The van der Waals surface area contributed by atoms with Gasteiger partial charge < -0.3 is 9.84 Å². The SMILES string of the molecule is COC(C1CCCCC1)C(O)c1cc(Cl)ccc1Cl. The third kappa shape index (κ3) is 3.63. The van der Waals surface area contributed by atoms with Gasteiger partial charge >= 0.3 is 0 Å². The van der Waals surface area contributed by atoms with Gasteiger partial charge in [0.05, 0.1) is 6.10 Å². The topological polar surface area (TPSA) is 29.5 Å². The molecule has 1 aromatic rings. The molecule has 0 aromatic heterocycles. The van der Waals surface area contributed by atoms with Crippen LogP contribution >= 0.6 is 23.2 Å². The Morgan fingerprint density at radius 2 is 1.89 bits per heavy atom. The van der Waals surface area contributed by atoms with Crippen LogP contribution < -0.4 is 0 Å². The number of aliphatic hydroxyl groups excluding tert-OH is 1. The molecule has 4 heteroatoms. The largest absolute Gasteiger partial charge is 0.386 e. The van der Waals surface area contributed by atoms with Crippen LogP contribution in [0.4, 0.5) is 0 Å². The van der Waals surface area contributed by atoms with Crippen molar-refractivity contribution in [2.24, 2.45) is 5.92 Å². The van der Waals surface area contributed by atoms with Gasteiger partial charge in [0.15, 0.2) is 0 Å². The number of halogens is 2. The molecule has 2 rings (SSSR count). The summed E-state index contributed by atoms with van der Waals surface area (Å²) in [5.74, 6) is 0.392. The maximum Gasteiger partial charge on any atom is 0.107 e. The molecular formula is C15H20Cl2O2. The fourth-order valence-corrected chi connectivity index (χ4v) is 3.37. The minimum Gasteiger partial charge on any atom is -0.386 e. The van der Waals surface area contributed by atoms with E-state index in [2.05, 4.69) is 0 Å². The van der Waals surface area contributed by atoms with Crippen LogP contribution in [-0.2, 0) is 4.74 Å². The number of hydrogen-bond acceptors (Lipinski definition) is 2. The van der Waals surface area contributed by atoms with E-state index in [1.807, 2.05) is 0 Å². The predicted molar refractivity (Wildman–Crippen MR) is 78.8 cm³/mol. The van der Waals surface area contributed by atoms with E-state index in [1.54, 1.807) is 25.3 Å². The van der Waals surface area contributed by atoms with Gasteiger partial charge in [0, 0.05) is 22.7 Å². The molecule has 0 bridgehead atoms. The third-order valence-electron chi connectivity index (χ3n) is 3.97. The van der Waals surface area contributed by atoms with Crippen molar-refractivity contribution in [2.75, 3.05) is 7.11 Å². The van der Waals surface area contributed by atoms with Crippen molar-refractivity contribution in [2.45, 2.75) is 44.3 Å². The van der Waals surface area contributed by atoms with Crippen LogP contribution in [0, 0.1) is 5.92 Å². The van der Waals surface area contributed by atoms with Gasteiger partial charge in [0.2, 0.25) is 0 Å². The summed E-state index contributed by atoms with van der Waals surface area (Å²) < 4.78 is 5.55. The quantitative estimate of drug-likeness (QED) is 0.879.